The van der Waals surface area contributed by atoms with Gasteiger partial charge in [0.2, 0.25) is 0 Å². The molecule has 1 amide bonds. The maximum absolute atomic E-state index is 14.4. The predicted molar refractivity (Wildman–Crippen MR) is 91.6 cm³/mol. The summed E-state index contributed by atoms with van der Waals surface area (Å²) in [5.41, 5.74) is 0.923. The van der Waals surface area contributed by atoms with E-state index in [0.717, 1.165) is 0 Å². The predicted octanol–water partition coefficient (Wildman–Crippen LogP) is 0.667. The number of hydrogen-bond donors (Lipinski definition) is 3. The van der Waals surface area contributed by atoms with E-state index in [1.165, 1.54) is 17.2 Å². The molecule has 0 bridgehead atoms. The van der Waals surface area contributed by atoms with Gasteiger partial charge in [0, 0.05) is 5.56 Å². The molecule has 10 heteroatoms. The largest absolute Gasteiger partial charge is 0.394 e. The Morgan fingerprint density at radius 2 is 2.04 bits per heavy atom. The lowest BCUT2D eigenvalue weighted by molar-refractivity contribution is -0.0459. The Morgan fingerprint density at radius 1 is 1.26 bits per heavy atom. The molecule has 1 aliphatic rings. The number of fused-ring (bicyclic) bond motifs is 1. The van der Waals surface area contributed by atoms with Gasteiger partial charge in [-0.3, -0.25) is 9.36 Å². The number of amides is 1. The number of aliphatic hydroxyl groups is 2. The standard InChI is InChI=1S/C17H16FN5O4/c18-11-13(25)10(6-24)27-17(11)23-8-21-12-14(19-7-20-15(12)23)22-16(26)9-4-2-1-3-5-9/h1-5,7-8,10-11,13,17,24-25H,6H2,(H,19,20,22,26)/t10-,11-,13-,17?/m1/s1. The van der Waals surface area contributed by atoms with Crippen molar-refractivity contribution in [2.45, 2.75) is 24.6 Å². The van der Waals surface area contributed by atoms with Crippen LogP contribution in [-0.2, 0) is 4.74 Å². The molecule has 0 saturated carbocycles. The first kappa shape index (κ1) is 17.5. The van der Waals surface area contributed by atoms with Gasteiger partial charge in [0.25, 0.3) is 5.91 Å². The van der Waals surface area contributed by atoms with Crippen molar-refractivity contribution in [3.63, 3.8) is 0 Å². The van der Waals surface area contributed by atoms with Crippen molar-refractivity contribution in [2.75, 3.05) is 11.9 Å². The molecule has 0 spiro atoms. The highest BCUT2D eigenvalue weighted by Crippen LogP contribution is 2.34. The van der Waals surface area contributed by atoms with Crippen LogP contribution in [0.25, 0.3) is 11.2 Å². The molecule has 4 atom stereocenters. The number of nitrogens with zero attached hydrogens (tertiary/aromatic N) is 4. The van der Waals surface area contributed by atoms with Gasteiger partial charge in [0.1, 0.15) is 18.5 Å². The molecule has 1 fully saturated rings. The summed E-state index contributed by atoms with van der Waals surface area (Å²) < 4.78 is 21.1. The van der Waals surface area contributed by atoms with Gasteiger partial charge in [-0.1, -0.05) is 18.2 Å². The molecule has 1 saturated heterocycles. The van der Waals surface area contributed by atoms with Gasteiger partial charge >= 0.3 is 0 Å². The number of aromatic nitrogens is 4. The van der Waals surface area contributed by atoms with Gasteiger partial charge in [0.15, 0.2) is 29.4 Å². The highest BCUT2D eigenvalue weighted by Gasteiger charge is 2.45. The van der Waals surface area contributed by atoms with Crippen LogP contribution in [0.2, 0.25) is 0 Å². The zero-order chi connectivity index (χ0) is 19.0. The molecule has 3 aromatic rings. The Kier molecular flexibility index (Phi) is 4.52. The molecule has 1 aliphatic heterocycles. The molecule has 0 aliphatic carbocycles. The molecular weight excluding hydrogens is 357 g/mol. The average molecular weight is 373 g/mol. The van der Waals surface area contributed by atoms with E-state index >= 15 is 0 Å². The molecule has 4 rings (SSSR count). The van der Waals surface area contributed by atoms with Crippen LogP contribution in [0, 0.1) is 0 Å². The number of carbonyl (C=O) groups is 1. The first-order valence-corrected chi connectivity index (χ1v) is 8.22. The summed E-state index contributed by atoms with van der Waals surface area (Å²) in [6.07, 6.45) is -2.96. The molecule has 1 aromatic carbocycles. The number of imidazole rings is 1. The molecular formula is C17H16FN5O4. The maximum Gasteiger partial charge on any atom is 0.256 e. The smallest absolute Gasteiger partial charge is 0.256 e. The minimum absolute atomic E-state index is 0.167. The van der Waals surface area contributed by atoms with Crippen molar-refractivity contribution in [2.24, 2.45) is 0 Å². The number of ether oxygens (including phenoxy) is 1. The third kappa shape index (κ3) is 3.03. The summed E-state index contributed by atoms with van der Waals surface area (Å²) in [5.74, 6) is -0.207. The lowest BCUT2D eigenvalue weighted by atomic mass is 10.1. The lowest BCUT2D eigenvalue weighted by Crippen LogP contribution is -2.30. The van der Waals surface area contributed by atoms with Crippen molar-refractivity contribution in [3.05, 3.63) is 48.5 Å². The molecule has 0 radical (unpaired) electrons. The summed E-state index contributed by atoms with van der Waals surface area (Å²) in [6, 6.07) is 8.58. The van der Waals surface area contributed by atoms with E-state index in [0.29, 0.717) is 5.56 Å². The van der Waals surface area contributed by atoms with E-state index in [4.69, 9.17) is 4.74 Å². The first-order chi connectivity index (χ1) is 13.1. The van der Waals surface area contributed by atoms with Crippen LogP contribution >= 0.6 is 0 Å². The summed E-state index contributed by atoms with van der Waals surface area (Å²) in [5, 5.41) is 21.7. The number of alkyl halides is 1. The zero-order valence-corrected chi connectivity index (χ0v) is 13.9. The summed E-state index contributed by atoms with van der Waals surface area (Å²) in [7, 11) is 0. The van der Waals surface area contributed by atoms with Gasteiger partial charge in [-0.2, -0.15) is 0 Å². The van der Waals surface area contributed by atoms with Crippen LogP contribution in [0.15, 0.2) is 43.0 Å². The lowest BCUT2D eigenvalue weighted by Gasteiger charge is -2.15. The molecule has 27 heavy (non-hydrogen) atoms. The average Bonchev–Trinajstić information content (AvgIpc) is 3.25. The van der Waals surface area contributed by atoms with Crippen LogP contribution in [0.5, 0.6) is 0 Å². The zero-order valence-electron chi connectivity index (χ0n) is 13.9. The monoisotopic (exact) mass is 373 g/mol. The Morgan fingerprint density at radius 3 is 2.74 bits per heavy atom. The van der Waals surface area contributed by atoms with Gasteiger partial charge in [0.05, 0.1) is 12.9 Å². The van der Waals surface area contributed by atoms with Crippen LogP contribution in [-0.4, -0.2) is 60.6 Å². The van der Waals surface area contributed by atoms with E-state index in [1.54, 1.807) is 30.3 Å². The number of aliphatic hydroxyl groups excluding tert-OH is 2. The van der Waals surface area contributed by atoms with Crippen molar-refractivity contribution in [3.8, 4) is 0 Å². The molecule has 140 valence electrons. The second kappa shape index (κ2) is 6.99. The van der Waals surface area contributed by atoms with E-state index < -0.39 is 31.2 Å². The normalized spacial score (nSPS) is 25.0. The number of carbonyl (C=O) groups excluding carboxylic acids is 1. The van der Waals surface area contributed by atoms with Gasteiger partial charge < -0.3 is 20.3 Å². The molecule has 3 N–H and O–H groups in total. The van der Waals surface area contributed by atoms with Crippen molar-refractivity contribution < 1.29 is 24.1 Å². The fourth-order valence-electron chi connectivity index (χ4n) is 2.98. The van der Waals surface area contributed by atoms with E-state index in [1.807, 2.05) is 0 Å². The third-order valence-electron chi connectivity index (χ3n) is 4.37. The minimum Gasteiger partial charge on any atom is -0.394 e. The fraction of sp³-hybridized carbons (Fsp3) is 0.294. The second-order valence-electron chi connectivity index (χ2n) is 6.05. The van der Waals surface area contributed by atoms with Crippen LogP contribution in [0.1, 0.15) is 16.6 Å². The quantitative estimate of drug-likeness (QED) is 0.614. The number of halogens is 1. The van der Waals surface area contributed by atoms with E-state index in [9.17, 15) is 19.4 Å². The van der Waals surface area contributed by atoms with E-state index in [2.05, 4.69) is 20.3 Å². The number of benzene rings is 1. The van der Waals surface area contributed by atoms with Gasteiger partial charge in [-0.15, -0.1) is 0 Å². The van der Waals surface area contributed by atoms with Crippen LogP contribution in [0.3, 0.4) is 0 Å². The Balaban J connectivity index is 1.65. The first-order valence-electron chi connectivity index (χ1n) is 8.22. The topological polar surface area (TPSA) is 122 Å². The summed E-state index contributed by atoms with van der Waals surface area (Å²) in [4.78, 5) is 24.6. The Bertz CT molecular complexity index is 966. The van der Waals surface area contributed by atoms with E-state index in [-0.39, 0.29) is 22.9 Å². The maximum atomic E-state index is 14.4. The minimum atomic E-state index is -1.77. The van der Waals surface area contributed by atoms with Crippen LogP contribution < -0.4 is 5.32 Å². The fourth-order valence-corrected chi connectivity index (χ4v) is 2.98. The molecule has 9 nitrogen and oxygen atoms in total. The summed E-state index contributed by atoms with van der Waals surface area (Å²) in [6.45, 7) is -0.516. The Hall–Kier alpha value is -2.95. The summed E-state index contributed by atoms with van der Waals surface area (Å²) >= 11 is 0. The Labute approximate surface area is 152 Å². The van der Waals surface area contributed by atoms with Gasteiger partial charge in [-0.25, -0.2) is 19.3 Å². The molecule has 2 aromatic heterocycles. The number of rotatable bonds is 4. The third-order valence-corrected chi connectivity index (χ3v) is 4.37. The highest BCUT2D eigenvalue weighted by molar-refractivity contribution is 6.06. The van der Waals surface area contributed by atoms with Gasteiger partial charge in [-0.05, 0) is 12.1 Å². The number of anilines is 1. The number of nitrogens with one attached hydrogen (secondary N) is 1. The number of hydrogen-bond acceptors (Lipinski definition) is 7. The van der Waals surface area contributed by atoms with Crippen LogP contribution in [0.4, 0.5) is 10.2 Å². The molecule has 1 unspecified atom stereocenters. The van der Waals surface area contributed by atoms with Crippen molar-refractivity contribution in [1.82, 2.24) is 19.5 Å². The van der Waals surface area contributed by atoms with Crippen molar-refractivity contribution >= 4 is 22.9 Å². The molecule has 3 heterocycles. The second-order valence-corrected chi connectivity index (χ2v) is 6.05. The SMILES string of the molecule is O=C(Nc1ncnc2c1ncn2C1O[C@H](CO)[C@@H](O)[C@H]1F)c1ccccc1. The highest BCUT2D eigenvalue weighted by atomic mass is 19.1. The van der Waals surface area contributed by atoms with Crippen molar-refractivity contribution in [1.29, 1.82) is 0 Å².